The number of carbonyl (C=O) groups excluding carboxylic acids is 1. The number of hydrogen-bond acceptors (Lipinski definition) is 6. The Morgan fingerprint density at radius 2 is 2.15 bits per heavy atom. The fraction of sp³-hybridized carbons (Fsp3) is 0.105. The van der Waals surface area contributed by atoms with Crippen LogP contribution < -0.4 is 10.3 Å². The van der Waals surface area contributed by atoms with Gasteiger partial charge in [-0.15, -0.1) is 22.7 Å². The average Bonchev–Trinajstić information content (AvgIpc) is 3.30. The van der Waals surface area contributed by atoms with Crippen molar-refractivity contribution in [2.45, 2.75) is 13.5 Å². The fourth-order valence-corrected chi connectivity index (χ4v) is 4.55. The molecule has 5 nitrogen and oxygen atoms in total. The second-order valence-electron chi connectivity index (χ2n) is 5.89. The van der Waals surface area contributed by atoms with Gasteiger partial charge in [-0.3, -0.25) is 9.36 Å². The maximum Gasteiger partial charge on any atom is 0.331 e. The van der Waals surface area contributed by atoms with Crippen LogP contribution in [-0.2, 0) is 11.3 Å². The molecule has 0 bridgehead atoms. The lowest BCUT2D eigenvalue weighted by Gasteiger charge is -2.08. The monoisotopic (exact) mass is 416 g/mol. The summed E-state index contributed by atoms with van der Waals surface area (Å²) in [6.45, 7) is 1.63. The number of fused-ring (bicyclic) bond motifs is 1. The molecule has 4 aromatic rings. The number of carbonyl (C=O) groups is 1. The lowest BCUT2D eigenvalue weighted by Crippen LogP contribution is -2.26. The zero-order valence-corrected chi connectivity index (χ0v) is 16.5. The van der Waals surface area contributed by atoms with Crippen molar-refractivity contribution in [3.8, 4) is 16.2 Å². The number of hydrogen-bond donors (Lipinski definition) is 0. The molecule has 0 amide bonds. The van der Waals surface area contributed by atoms with Crippen molar-refractivity contribution >= 4 is 50.5 Å². The van der Waals surface area contributed by atoms with Crippen LogP contribution in [0.15, 0.2) is 52.2 Å². The van der Waals surface area contributed by atoms with Gasteiger partial charge in [0.15, 0.2) is 0 Å². The topological polar surface area (TPSA) is 61.2 Å². The Bertz CT molecular complexity index is 1200. The molecule has 0 aliphatic carbocycles. The smallest absolute Gasteiger partial charge is 0.331 e. The molecular weight excluding hydrogens is 404 g/mol. The number of esters is 1. The maximum atomic E-state index is 12.9. The molecule has 0 aliphatic rings. The molecule has 0 aliphatic heterocycles. The zero-order valence-electron chi connectivity index (χ0n) is 14.1. The van der Waals surface area contributed by atoms with E-state index in [1.54, 1.807) is 23.5 Å². The van der Waals surface area contributed by atoms with Crippen molar-refractivity contribution in [3.05, 3.63) is 68.4 Å². The van der Waals surface area contributed by atoms with Crippen LogP contribution in [0.5, 0.6) is 5.75 Å². The van der Waals surface area contributed by atoms with Crippen LogP contribution in [0.1, 0.15) is 5.56 Å². The first kappa shape index (κ1) is 17.9. The normalized spacial score (nSPS) is 11.0. The standard InChI is InChI=1S/C19H13ClN2O3S2/c1-11-4-5-13(20)14(7-11)25-16(23)8-22-10-21-18-17(19(22)24)12(9-27-18)15-3-2-6-26-15/h2-7,9-10H,8H2,1H3. The summed E-state index contributed by atoms with van der Waals surface area (Å²) in [5.41, 5.74) is 1.49. The largest absolute Gasteiger partial charge is 0.424 e. The third-order valence-corrected chi connectivity index (χ3v) is 6.06. The van der Waals surface area contributed by atoms with Crippen molar-refractivity contribution in [1.82, 2.24) is 9.55 Å². The number of nitrogens with zero attached hydrogens (tertiary/aromatic N) is 2. The van der Waals surface area contributed by atoms with Gasteiger partial charge in [0.2, 0.25) is 0 Å². The van der Waals surface area contributed by atoms with Crippen LogP contribution in [0, 0.1) is 6.92 Å². The molecule has 3 aromatic heterocycles. The van der Waals surface area contributed by atoms with E-state index in [1.165, 1.54) is 22.2 Å². The molecule has 0 saturated carbocycles. The van der Waals surface area contributed by atoms with Gasteiger partial charge in [-0.2, -0.15) is 0 Å². The van der Waals surface area contributed by atoms with E-state index in [-0.39, 0.29) is 17.9 Å². The van der Waals surface area contributed by atoms with Crippen molar-refractivity contribution in [1.29, 1.82) is 0 Å². The number of aromatic nitrogens is 2. The lowest BCUT2D eigenvalue weighted by atomic mass is 10.2. The van der Waals surface area contributed by atoms with Gasteiger partial charge in [-0.05, 0) is 36.1 Å². The van der Waals surface area contributed by atoms with Crippen molar-refractivity contribution in [2.24, 2.45) is 0 Å². The third-order valence-electron chi connectivity index (χ3n) is 3.96. The Hall–Kier alpha value is -2.48. The molecule has 0 unspecified atom stereocenters. The minimum atomic E-state index is -0.585. The third kappa shape index (κ3) is 3.53. The molecular formula is C19H13ClN2O3S2. The molecule has 0 saturated heterocycles. The Kier molecular flexibility index (Phi) is 4.82. The van der Waals surface area contributed by atoms with E-state index >= 15 is 0 Å². The zero-order chi connectivity index (χ0) is 19.0. The van der Waals surface area contributed by atoms with Gasteiger partial charge in [-0.25, -0.2) is 9.78 Å². The molecule has 0 radical (unpaired) electrons. The molecule has 0 spiro atoms. The average molecular weight is 417 g/mol. The first-order valence-electron chi connectivity index (χ1n) is 8.00. The molecule has 1 aromatic carbocycles. The number of aryl methyl sites for hydroxylation is 1. The van der Waals surface area contributed by atoms with E-state index in [1.807, 2.05) is 35.9 Å². The summed E-state index contributed by atoms with van der Waals surface area (Å²) in [7, 11) is 0. The van der Waals surface area contributed by atoms with E-state index < -0.39 is 5.97 Å². The van der Waals surface area contributed by atoms with Gasteiger partial charge in [-0.1, -0.05) is 23.7 Å². The highest BCUT2D eigenvalue weighted by Gasteiger charge is 2.16. The molecule has 0 N–H and O–H groups in total. The second-order valence-corrected chi connectivity index (χ2v) is 8.11. The Labute approximate surface area is 167 Å². The predicted molar refractivity (Wildman–Crippen MR) is 109 cm³/mol. The molecule has 0 atom stereocenters. The summed E-state index contributed by atoms with van der Waals surface area (Å²) in [5.74, 6) is -0.308. The first-order valence-corrected chi connectivity index (χ1v) is 10.1. The molecule has 136 valence electrons. The number of ether oxygens (including phenoxy) is 1. The number of benzene rings is 1. The highest BCUT2D eigenvalue weighted by atomic mass is 35.5. The fourth-order valence-electron chi connectivity index (χ4n) is 2.68. The summed E-state index contributed by atoms with van der Waals surface area (Å²) < 4.78 is 6.59. The Morgan fingerprint density at radius 1 is 1.30 bits per heavy atom. The minimum Gasteiger partial charge on any atom is -0.424 e. The first-order chi connectivity index (χ1) is 13.0. The predicted octanol–water partition coefficient (Wildman–Crippen LogP) is 4.75. The number of rotatable bonds is 4. The number of halogens is 1. The molecule has 8 heteroatoms. The van der Waals surface area contributed by atoms with Crippen LogP contribution >= 0.6 is 34.3 Å². The lowest BCUT2D eigenvalue weighted by molar-refractivity contribution is -0.135. The molecule has 27 heavy (non-hydrogen) atoms. The van der Waals surface area contributed by atoms with E-state index in [9.17, 15) is 9.59 Å². The summed E-state index contributed by atoms with van der Waals surface area (Å²) in [4.78, 5) is 31.2. The summed E-state index contributed by atoms with van der Waals surface area (Å²) in [5, 5.41) is 4.73. The number of thiophene rings is 2. The van der Waals surface area contributed by atoms with Gasteiger partial charge in [0.1, 0.15) is 17.1 Å². The minimum absolute atomic E-state index is 0.244. The second kappa shape index (κ2) is 7.26. The quantitative estimate of drug-likeness (QED) is 0.355. The van der Waals surface area contributed by atoms with Crippen LogP contribution in [0.25, 0.3) is 20.7 Å². The molecule has 0 fully saturated rings. The van der Waals surface area contributed by atoms with Gasteiger partial charge < -0.3 is 4.74 Å². The van der Waals surface area contributed by atoms with Crippen LogP contribution in [0.2, 0.25) is 5.02 Å². The van der Waals surface area contributed by atoms with Gasteiger partial charge in [0.05, 0.1) is 16.7 Å². The van der Waals surface area contributed by atoms with Gasteiger partial charge in [0, 0.05) is 15.8 Å². The summed E-state index contributed by atoms with van der Waals surface area (Å²) in [6.07, 6.45) is 1.37. The Morgan fingerprint density at radius 3 is 2.93 bits per heavy atom. The summed E-state index contributed by atoms with van der Waals surface area (Å²) in [6, 6.07) is 9.05. The van der Waals surface area contributed by atoms with Crippen molar-refractivity contribution < 1.29 is 9.53 Å². The van der Waals surface area contributed by atoms with Crippen molar-refractivity contribution in [3.63, 3.8) is 0 Å². The van der Waals surface area contributed by atoms with Crippen LogP contribution in [0.4, 0.5) is 0 Å². The van der Waals surface area contributed by atoms with E-state index in [0.717, 1.165) is 16.0 Å². The van der Waals surface area contributed by atoms with Gasteiger partial charge >= 0.3 is 5.97 Å². The van der Waals surface area contributed by atoms with Gasteiger partial charge in [0.25, 0.3) is 5.56 Å². The van der Waals surface area contributed by atoms with E-state index in [2.05, 4.69) is 4.98 Å². The maximum absolute atomic E-state index is 12.9. The molecule has 4 rings (SSSR count). The highest BCUT2D eigenvalue weighted by Crippen LogP contribution is 2.33. The highest BCUT2D eigenvalue weighted by molar-refractivity contribution is 7.18. The van der Waals surface area contributed by atoms with Crippen molar-refractivity contribution in [2.75, 3.05) is 0 Å². The van der Waals surface area contributed by atoms with E-state index in [0.29, 0.717) is 15.2 Å². The summed E-state index contributed by atoms with van der Waals surface area (Å²) >= 11 is 9.02. The SMILES string of the molecule is Cc1ccc(Cl)c(OC(=O)Cn2cnc3scc(-c4cccs4)c3c2=O)c1. The van der Waals surface area contributed by atoms with E-state index in [4.69, 9.17) is 16.3 Å². The van der Waals surface area contributed by atoms with Crippen LogP contribution in [-0.4, -0.2) is 15.5 Å². The molecule has 3 heterocycles. The van der Waals surface area contributed by atoms with Crippen LogP contribution in [0.3, 0.4) is 0 Å². The Balaban J connectivity index is 1.65.